The van der Waals surface area contributed by atoms with Crippen LogP contribution >= 0.6 is 22.6 Å². The van der Waals surface area contributed by atoms with E-state index in [1.54, 1.807) is 24.3 Å². The molecule has 3 aromatic carbocycles. The molecule has 172 valence electrons. The molecule has 0 saturated heterocycles. The molecule has 1 aromatic heterocycles. The van der Waals surface area contributed by atoms with Gasteiger partial charge in [-0.15, -0.1) is 0 Å². The topological polar surface area (TPSA) is 178 Å². The molecule has 0 saturated carbocycles. The monoisotopic (exact) mass is 616 g/mol. The number of tetrazole rings is 1. The van der Waals surface area contributed by atoms with Crippen LogP contribution in [0, 0.1) is 29.9 Å². The molecule has 0 N–H and O–H groups in total. The standard InChI is InChI=1S/C19H11IN6O7S.Na/c20-12-5-7-13(8-6-12)23-21-19(15-3-1-2-4-18(15)34(31,32)33)22-24(23)16-10-9-14(25(27)28)11-17(16)26(29)30;/h1,3-11H,(H,31,32,33);/q;+1/p-1. The van der Waals surface area contributed by atoms with Gasteiger partial charge in [0.15, 0.2) is 0 Å². The van der Waals surface area contributed by atoms with E-state index in [4.69, 9.17) is 0 Å². The number of rotatable bonds is 6. The fraction of sp³-hybridized carbons (Fsp3) is 0. The fourth-order valence-corrected chi connectivity index (χ4v) is 4.04. The van der Waals surface area contributed by atoms with E-state index in [1.807, 2.05) is 0 Å². The molecule has 4 aromatic rings. The minimum Gasteiger partial charge on any atom is -0.754 e. The maximum absolute atomic E-state index is 11.7. The summed E-state index contributed by atoms with van der Waals surface area (Å²) in [5.74, 6) is -0.227. The van der Waals surface area contributed by atoms with Crippen molar-refractivity contribution in [2.24, 2.45) is 0 Å². The second kappa shape index (κ2) is 10.4. The zero-order valence-corrected chi connectivity index (χ0v) is 22.6. The molecule has 0 fully saturated rings. The zero-order valence-electron chi connectivity index (χ0n) is 17.6. The molecule has 0 aliphatic heterocycles. The molecule has 4 rings (SSSR count). The zero-order chi connectivity index (χ0) is 24.6. The van der Waals surface area contributed by atoms with Crippen LogP contribution in [0.4, 0.5) is 11.4 Å². The van der Waals surface area contributed by atoms with Crippen molar-refractivity contribution in [3.8, 4) is 22.8 Å². The largest absolute Gasteiger partial charge is 1.00 e. The summed E-state index contributed by atoms with van der Waals surface area (Å²) in [5.41, 5.74) is -1.07. The number of benzene rings is 3. The molecule has 35 heavy (non-hydrogen) atoms. The summed E-state index contributed by atoms with van der Waals surface area (Å²) in [6.07, 6.45) is 0. The van der Waals surface area contributed by atoms with E-state index in [-0.39, 0.29) is 46.6 Å². The first kappa shape index (κ1) is 26.8. The van der Waals surface area contributed by atoms with E-state index in [0.29, 0.717) is 5.69 Å². The third-order valence-electron chi connectivity index (χ3n) is 4.53. The fourth-order valence-electron chi connectivity index (χ4n) is 3.04. The Balaban J connectivity index is 0.00000342. The maximum atomic E-state index is 11.7. The van der Waals surface area contributed by atoms with Crippen LogP contribution in [0.25, 0.3) is 22.8 Å². The van der Waals surface area contributed by atoms with Crippen molar-refractivity contribution in [1.82, 2.24) is 15.0 Å². The average molecular weight is 616 g/mol. The van der Waals surface area contributed by atoms with Gasteiger partial charge in [0.1, 0.15) is 5.69 Å². The smallest absolute Gasteiger partial charge is 0.754 e. The Bertz CT molecular complexity index is 1560. The first-order chi connectivity index (χ1) is 16.1. The van der Waals surface area contributed by atoms with E-state index in [9.17, 15) is 33.2 Å². The summed E-state index contributed by atoms with van der Waals surface area (Å²) in [6, 6.07) is 15.8. The van der Waals surface area contributed by atoms with E-state index in [0.717, 1.165) is 37.4 Å². The molecule has 0 amide bonds. The summed E-state index contributed by atoms with van der Waals surface area (Å²) >= 11 is 2.08. The predicted molar refractivity (Wildman–Crippen MR) is 121 cm³/mol. The number of nitro benzene ring substituents is 2. The molecule has 0 aliphatic carbocycles. The number of nitro groups is 2. The van der Waals surface area contributed by atoms with Gasteiger partial charge in [0.05, 0.1) is 31.1 Å². The number of nitrogens with zero attached hydrogens (tertiary/aromatic N) is 6. The van der Waals surface area contributed by atoms with Gasteiger partial charge in [0.2, 0.25) is 0 Å². The van der Waals surface area contributed by atoms with Crippen molar-refractivity contribution in [2.75, 3.05) is 0 Å². The number of hydrogen-bond donors (Lipinski definition) is 0. The third-order valence-corrected chi connectivity index (χ3v) is 6.13. The van der Waals surface area contributed by atoms with E-state index < -0.39 is 36.2 Å². The van der Waals surface area contributed by atoms with Gasteiger partial charge in [0, 0.05) is 20.5 Å². The van der Waals surface area contributed by atoms with E-state index in [2.05, 4.69) is 38.9 Å². The predicted octanol–water partition coefficient (Wildman–Crippen LogP) is -0.660. The van der Waals surface area contributed by atoms with Crippen molar-refractivity contribution < 1.29 is 57.2 Å². The van der Waals surface area contributed by atoms with Crippen molar-refractivity contribution in [1.29, 1.82) is 0 Å². The average Bonchev–Trinajstić information content (AvgIpc) is 3.23. The molecule has 0 unspecified atom stereocenters. The quantitative estimate of drug-likeness (QED) is 0.0518. The number of halogens is 1. The van der Waals surface area contributed by atoms with Gasteiger partial charge in [-0.3, -0.25) is 28.6 Å². The second-order valence-electron chi connectivity index (χ2n) is 6.64. The van der Waals surface area contributed by atoms with Crippen molar-refractivity contribution in [3.63, 3.8) is 0 Å². The molecule has 1 heterocycles. The Hall–Kier alpha value is -2.83. The first-order valence-electron chi connectivity index (χ1n) is 9.11. The SMILES string of the molecule is O=[N+]([O-])c1ccc(-[n+]2nc(-c3cc[c-]cc3S(=O)(=O)[O-])nn2-c2ccc(I)cc2)c([N+](=O)[O-])c1.[Na+]. The van der Waals surface area contributed by atoms with Crippen LogP contribution in [-0.4, -0.2) is 37.8 Å². The van der Waals surface area contributed by atoms with Crippen LogP contribution in [0.5, 0.6) is 0 Å². The molecule has 0 radical (unpaired) electrons. The van der Waals surface area contributed by atoms with E-state index >= 15 is 0 Å². The minimum atomic E-state index is -4.92. The summed E-state index contributed by atoms with van der Waals surface area (Å²) in [6.45, 7) is 0. The van der Waals surface area contributed by atoms with Crippen molar-refractivity contribution in [3.05, 3.63) is 90.5 Å². The van der Waals surface area contributed by atoms with Gasteiger partial charge >= 0.3 is 41.1 Å². The number of non-ortho nitro benzene ring substituents is 1. The Kier molecular flexibility index (Phi) is 7.97. The molecule has 0 spiro atoms. The first-order valence-corrected chi connectivity index (χ1v) is 11.6. The normalized spacial score (nSPS) is 11.0. The maximum Gasteiger partial charge on any atom is 1.00 e. The Labute approximate surface area is 232 Å². The van der Waals surface area contributed by atoms with Crippen LogP contribution < -0.4 is 34.4 Å². The van der Waals surface area contributed by atoms with Crippen LogP contribution in [0.3, 0.4) is 0 Å². The van der Waals surface area contributed by atoms with Gasteiger partial charge in [-0.2, -0.15) is 24.3 Å². The Morgan fingerprint density at radius 2 is 1.71 bits per heavy atom. The van der Waals surface area contributed by atoms with Gasteiger partial charge in [-0.05, 0) is 67.2 Å². The van der Waals surface area contributed by atoms with Crippen LogP contribution in [0.15, 0.2) is 65.6 Å². The summed E-state index contributed by atoms with van der Waals surface area (Å²) in [4.78, 5) is 22.8. The van der Waals surface area contributed by atoms with Crippen molar-refractivity contribution >= 4 is 44.1 Å². The molecule has 0 aliphatic rings. The molecule has 0 atom stereocenters. The molecule has 13 nitrogen and oxygen atoms in total. The number of hydrogen-bond acceptors (Lipinski definition) is 9. The van der Waals surface area contributed by atoms with Crippen LogP contribution in [-0.2, 0) is 10.1 Å². The summed E-state index contributed by atoms with van der Waals surface area (Å²) in [5, 5.41) is 31.3. The second-order valence-corrected chi connectivity index (χ2v) is 9.24. The van der Waals surface area contributed by atoms with Gasteiger partial charge < -0.3 is 4.55 Å². The molecule has 0 bridgehead atoms. The molecular weight excluding hydrogens is 606 g/mol. The third kappa shape index (κ3) is 5.54. The summed E-state index contributed by atoms with van der Waals surface area (Å²) < 4.78 is 36.1. The Morgan fingerprint density at radius 1 is 1.03 bits per heavy atom. The van der Waals surface area contributed by atoms with Crippen molar-refractivity contribution in [2.45, 2.75) is 4.90 Å². The van der Waals surface area contributed by atoms with Gasteiger partial charge in [-0.25, -0.2) is 0 Å². The van der Waals surface area contributed by atoms with Gasteiger partial charge in [-0.1, -0.05) is 0 Å². The summed E-state index contributed by atoms with van der Waals surface area (Å²) in [7, 11) is -4.92. The van der Waals surface area contributed by atoms with Crippen LogP contribution in [0.2, 0.25) is 0 Å². The van der Waals surface area contributed by atoms with E-state index in [1.165, 1.54) is 12.1 Å². The van der Waals surface area contributed by atoms with Crippen LogP contribution in [0.1, 0.15) is 0 Å². The number of aromatic nitrogens is 4. The molecule has 16 heteroatoms. The minimum absolute atomic E-state index is 0. The van der Waals surface area contributed by atoms with Gasteiger partial charge in [0.25, 0.3) is 11.4 Å². The Morgan fingerprint density at radius 3 is 2.31 bits per heavy atom. The molecular formula is C19H10IN6NaO7S.